The first-order valence-electron chi connectivity index (χ1n) is 9.44. The van der Waals surface area contributed by atoms with E-state index in [4.69, 9.17) is 13.9 Å². The molecule has 0 bridgehead atoms. The number of amides is 1. The fraction of sp³-hybridized carbons (Fsp3) is 0.208. The normalized spacial score (nSPS) is 11.0. The van der Waals surface area contributed by atoms with Crippen LogP contribution in [0.1, 0.15) is 11.1 Å². The van der Waals surface area contributed by atoms with E-state index in [1.165, 1.54) is 0 Å². The molecule has 0 N–H and O–H groups in total. The van der Waals surface area contributed by atoms with Gasteiger partial charge in [0.05, 0.1) is 26.9 Å². The van der Waals surface area contributed by atoms with Gasteiger partial charge in [-0.25, -0.2) is 0 Å². The third-order valence-corrected chi connectivity index (χ3v) is 5.20. The number of likely N-dealkylation sites (N-methyl/N-ethyl adjacent to an activating group) is 1. The predicted molar refractivity (Wildman–Crippen MR) is 113 cm³/mol. The molecule has 1 aromatic heterocycles. The number of carbonyl (C=O) groups excluding carboxylic acids is 1. The highest BCUT2D eigenvalue weighted by molar-refractivity contribution is 6.08. The van der Waals surface area contributed by atoms with E-state index >= 15 is 0 Å². The summed E-state index contributed by atoms with van der Waals surface area (Å²) in [4.78, 5) is 14.7. The van der Waals surface area contributed by atoms with E-state index in [1.807, 2.05) is 42.5 Å². The quantitative estimate of drug-likeness (QED) is 0.475. The van der Waals surface area contributed by atoms with Crippen LogP contribution in [0.3, 0.4) is 0 Å². The Morgan fingerprint density at radius 2 is 1.79 bits per heavy atom. The van der Waals surface area contributed by atoms with E-state index in [0.717, 1.165) is 32.9 Å². The van der Waals surface area contributed by atoms with Crippen molar-refractivity contribution in [2.75, 3.05) is 21.3 Å². The highest BCUT2D eigenvalue weighted by Gasteiger charge is 2.18. The summed E-state index contributed by atoms with van der Waals surface area (Å²) in [5.41, 5.74) is 2.58. The van der Waals surface area contributed by atoms with Crippen molar-refractivity contribution < 1.29 is 18.7 Å². The minimum atomic E-state index is 0.00510. The third-order valence-electron chi connectivity index (χ3n) is 5.20. The summed E-state index contributed by atoms with van der Waals surface area (Å²) in [7, 11) is 5.00. The first-order chi connectivity index (χ1) is 14.1. The third kappa shape index (κ3) is 3.51. The molecule has 0 radical (unpaired) electrons. The van der Waals surface area contributed by atoms with Crippen molar-refractivity contribution in [3.8, 4) is 11.5 Å². The van der Waals surface area contributed by atoms with Gasteiger partial charge in [0.1, 0.15) is 5.58 Å². The van der Waals surface area contributed by atoms with Gasteiger partial charge >= 0.3 is 0 Å². The lowest BCUT2D eigenvalue weighted by Crippen LogP contribution is -2.27. The van der Waals surface area contributed by atoms with Gasteiger partial charge in [0, 0.05) is 30.1 Å². The molecule has 29 heavy (non-hydrogen) atoms. The number of hydrogen-bond donors (Lipinski definition) is 0. The van der Waals surface area contributed by atoms with Crippen LogP contribution >= 0.6 is 0 Å². The van der Waals surface area contributed by atoms with E-state index < -0.39 is 0 Å². The van der Waals surface area contributed by atoms with Crippen LogP contribution in [0, 0.1) is 0 Å². The number of carbonyl (C=O) groups is 1. The number of methoxy groups -OCH3 is 2. The molecule has 5 nitrogen and oxygen atoms in total. The molecule has 0 aliphatic heterocycles. The van der Waals surface area contributed by atoms with Crippen molar-refractivity contribution in [2.45, 2.75) is 13.0 Å². The molecule has 0 saturated heterocycles. The number of nitrogens with zero attached hydrogens (tertiary/aromatic N) is 1. The molecule has 4 aromatic rings. The maximum absolute atomic E-state index is 13.0. The van der Waals surface area contributed by atoms with Gasteiger partial charge in [0.25, 0.3) is 0 Å². The van der Waals surface area contributed by atoms with Crippen LogP contribution in [0.2, 0.25) is 0 Å². The molecule has 1 amide bonds. The Kier molecular flexibility index (Phi) is 5.12. The summed E-state index contributed by atoms with van der Waals surface area (Å²) in [6.07, 6.45) is 1.96. The molecule has 0 spiro atoms. The number of furan rings is 1. The summed E-state index contributed by atoms with van der Waals surface area (Å²) >= 11 is 0. The van der Waals surface area contributed by atoms with Crippen molar-refractivity contribution in [3.05, 3.63) is 72.0 Å². The topological polar surface area (TPSA) is 51.9 Å². The molecule has 0 saturated carbocycles. The number of rotatable bonds is 6. The van der Waals surface area contributed by atoms with Crippen molar-refractivity contribution >= 4 is 27.6 Å². The molecule has 4 rings (SSSR count). The second-order valence-corrected chi connectivity index (χ2v) is 7.00. The lowest BCUT2D eigenvalue weighted by Gasteiger charge is -2.20. The van der Waals surface area contributed by atoms with Crippen molar-refractivity contribution in [2.24, 2.45) is 0 Å². The molecule has 5 heteroatoms. The van der Waals surface area contributed by atoms with Gasteiger partial charge in [-0.15, -0.1) is 0 Å². The molecule has 0 atom stereocenters. The standard InChI is InChI=1S/C24H23NO4/c1-25(14-17-8-6-10-21(27-2)24(17)28-3)22(26)13-18-15-29-20-12-11-16-7-4-5-9-19(16)23(18)20/h4-12,15H,13-14H2,1-3H3. The fourth-order valence-corrected chi connectivity index (χ4v) is 3.72. The number of benzene rings is 3. The minimum Gasteiger partial charge on any atom is -0.493 e. The fourth-order valence-electron chi connectivity index (χ4n) is 3.72. The lowest BCUT2D eigenvalue weighted by molar-refractivity contribution is -0.129. The van der Waals surface area contributed by atoms with Crippen LogP contribution in [-0.2, 0) is 17.8 Å². The zero-order valence-corrected chi connectivity index (χ0v) is 16.8. The van der Waals surface area contributed by atoms with E-state index in [0.29, 0.717) is 18.0 Å². The average molecular weight is 389 g/mol. The number of para-hydroxylation sites is 1. The van der Waals surface area contributed by atoms with Gasteiger partial charge in [0.2, 0.25) is 5.91 Å². The van der Waals surface area contributed by atoms with Gasteiger partial charge in [-0.05, 0) is 22.9 Å². The van der Waals surface area contributed by atoms with Crippen molar-refractivity contribution in [3.63, 3.8) is 0 Å². The second-order valence-electron chi connectivity index (χ2n) is 7.00. The van der Waals surface area contributed by atoms with Gasteiger partial charge in [0.15, 0.2) is 11.5 Å². The van der Waals surface area contributed by atoms with Crippen LogP contribution in [0.25, 0.3) is 21.7 Å². The van der Waals surface area contributed by atoms with E-state index in [-0.39, 0.29) is 12.3 Å². The van der Waals surface area contributed by atoms with Crippen molar-refractivity contribution in [1.82, 2.24) is 4.90 Å². The molecule has 1 heterocycles. The number of fused-ring (bicyclic) bond motifs is 3. The molecular weight excluding hydrogens is 366 g/mol. The molecule has 0 fully saturated rings. The van der Waals surface area contributed by atoms with E-state index in [9.17, 15) is 4.79 Å². The first-order valence-corrected chi connectivity index (χ1v) is 9.44. The highest BCUT2D eigenvalue weighted by atomic mass is 16.5. The predicted octanol–water partition coefficient (Wildman–Crippen LogP) is 4.80. The zero-order chi connectivity index (χ0) is 20.4. The molecule has 0 aliphatic rings. The van der Waals surface area contributed by atoms with Gasteiger partial charge < -0.3 is 18.8 Å². The maximum Gasteiger partial charge on any atom is 0.227 e. The SMILES string of the molecule is COc1cccc(CN(C)C(=O)Cc2coc3ccc4ccccc4c23)c1OC. The van der Waals surface area contributed by atoms with Crippen LogP contribution in [-0.4, -0.2) is 32.1 Å². The van der Waals surface area contributed by atoms with Crippen LogP contribution in [0.5, 0.6) is 11.5 Å². The largest absolute Gasteiger partial charge is 0.493 e. The van der Waals surface area contributed by atoms with E-state index in [2.05, 4.69) is 12.1 Å². The zero-order valence-electron chi connectivity index (χ0n) is 16.8. The monoisotopic (exact) mass is 389 g/mol. The average Bonchev–Trinajstić information content (AvgIpc) is 3.16. The van der Waals surface area contributed by atoms with Crippen LogP contribution in [0.4, 0.5) is 0 Å². The smallest absolute Gasteiger partial charge is 0.227 e. The Labute approximate surface area is 169 Å². The molecule has 0 unspecified atom stereocenters. The van der Waals surface area contributed by atoms with Gasteiger partial charge in [-0.2, -0.15) is 0 Å². The summed E-state index contributed by atoms with van der Waals surface area (Å²) in [5.74, 6) is 1.30. The summed E-state index contributed by atoms with van der Waals surface area (Å²) in [6, 6.07) is 17.8. The Morgan fingerprint density at radius 3 is 2.59 bits per heavy atom. The van der Waals surface area contributed by atoms with Gasteiger partial charge in [-0.1, -0.05) is 42.5 Å². The Bertz CT molecular complexity index is 1180. The summed E-state index contributed by atoms with van der Waals surface area (Å²) < 4.78 is 16.5. The molecule has 3 aromatic carbocycles. The van der Waals surface area contributed by atoms with Crippen molar-refractivity contribution in [1.29, 1.82) is 0 Å². The summed E-state index contributed by atoms with van der Waals surface area (Å²) in [6.45, 7) is 0.426. The Hall–Kier alpha value is -3.47. The first kappa shape index (κ1) is 18.9. The molecule has 0 aliphatic carbocycles. The minimum absolute atomic E-state index is 0.00510. The molecule has 148 valence electrons. The van der Waals surface area contributed by atoms with E-state index in [1.54, 1.807) is 32.4 Å². The van der Waals surface area contributed by atoms with Gasteiger partial charge in [-0.3, -0.25) is 4.79 Å². The Morgan fingerprint density at radius 1 is 0.966 bits per heavy atom. The molecular formula is C24H23NO4. The second kappa shape index (κ2) is 7.87. The Balaban J connectivity index is 1.60. The van der Waals surface area contributed by atoms with Crippen LogP contribution in [0.15, 0.2) is 65.3 Å². The number of hydrogen-bond acceptors (Lipinski definition) is 4. The summed E-state index contributed by atoms with van der Waals surface area (Å²) in [5, 5.41) is 3.23. The maximum atomic E-state index is 13.0. The lowest BCUT2D eigenvalue weighted by atomic mass is 10.0. The number of ether oxygens (including phenoxy) is 2. The highest BCUT2D eigenvalue weighted by Crippen LogP contribution is 2.32. The van der Waals surface area contributed by atoms with Crippen LogP contribution < -0.4 is 9.47 Å².